The number of piperidine rings is 1. The maximum Gasteiger partial charge on any atom is 0.253 e. The van der Waals surface area contributed by atoms with Crippen molar-refractivity contribution in [2.45, 2.75) is 52.1 Å². The van der Waals surface area contributed by atoms with E-state index in [-0.39, 0.29) is 11.6 Å². The molecule has 0 unspecified atom stereocenters. The summed E-state index contributed by atoms with van der Waals surface area (Å²) in [5.74, 6) is 1.43. The normalized spacial score (nSPS) is 16.2. The van der Waals surface area contributed by atoms with Gasteiger partial charge in [-0.2, -0.15) is 0 Å². The van der Waals surface area contributed by atoms with Crippen LogP contribution < -0.4 is 5.56 Å². The molecule has 1 atom stereocenters. The highest BCUT2D eigenvalue weighted by Gasteiger charge is 2.32. The number of nitrogens with zero attached hydrogens (tertiary/aromatic N) is 5. The molecular formula is C27H32N6O. The summed E-state index contributed by atoms with van der Waals surface area (Å²) in [5.41, 5.74) is 3.99. The molecule has 0 radical (unpaired) electrons. The fourth-order valence-corrected chi connectivity index (χ4v) is 4.93. The Morgan fingerprint density at radius 1 is 1.06 bits per heavy atom. The van der Waals surface area contributed by atoms with Gasteiger partial charge in [0.15, 0.2) is 5.82 Å². The van der Waals surface area contributed by atoms with Crippen LogP contribution in [0, 0.1) is 5.92 Å². The Kier molecular flexibility index (Phi) is 6.54. The highest BCUT2D eigenvalue weighted by Crippen LogP contribution is 2.31. The zero-order chi connectivity index (χ0) is 23.5. The number of fused-ring (bicyclic) bond motifs is 1. The molecule has 0 aliphatic carbocycles. The number of H-pyrrole nitrogens is 1. The van der Waals surface area contributed by atoms with Crippen molar-refractivity contribution in [3.63, 3.8) is 0 Å². The van der Waals surface area contributed by atoms with Crippen LogP contribution in [0.4, 0.5) is 0 Å². The van der Waals surface area contributed by atoms with Gasteiger partial charge in [-0.25, -0.2) is 4.68 Å². The van der Waals surface area contributed by atoms with Gasteiger partial charge >= 0.3 is 0 Å². The predicted molar refractivity (Wildman–Crippen MR) is 134 cm³/mol. The second-order valence-corrected chi connectivity index (χ2v) is 9.45. The third kappa shape index (κ3) is 4.66. The fraction of sp³-hybridized carbons (Fsp3) is 0.407. The van der Waals surface area contributed by atoms with Gasteiger partial charge in [-0.05, 0) is 89.8 Å². The number of rotatable bonds is 7. The van der Waals surface area contributed by atoms with Gasteiger partial charge in [0.2, 0.25) is 0 Å². The van der Waals surface area contributed by atoms with Crippen LogP contribution >= 0.6 is 0 Å². The van der Waals surface area contributed by atoms with Gasteiger partial charge in [-0.3, -0.25) is 9.69 Å². The van der Waals surface area contributed by atoms with Crippen LogP contribution in [0.3, 0.4) is 0 Å². The Hall–Kier alpha value is -3.32. The van der Waals surface area contributed by atoms with E-state index in [0.29, 0.717) is 18.0 Å². The number of benzene rings is 2. The number of pyridine rings is 1. The second kappa shape index (κ2) is 9.89. The highest BCUT2D eigenvalue weighted by atomic mass is 16.1. The van der Waals surface area contributed by atoms with Gasteiger partial charge in [0, 0.05) is 17.6 Å². The van der Waals surface area contributed by atoms with E-state index in [1.165, 1.54) is 11.1 Å². The van der Waals surface area contributed by atoms with Crippen molar-refractivity contribution < 1.29 is 0 Å². The third-order valence-corrected chi connectivity index (χ3v) is 7.08. The maximum atomic E-state index is 13.4. The first-order chi connectivity index (χ1) is 16.6. The lowest BCUT2D eigenvalue weighted by atomic mass is 9.95. The van der Waals surface area contributed by atoms with Crippen LogP contribution in [-0.2, 0) is 19.4 Å². The highest BCUT2D eigenvalue weighted by molar-refractivity contribution is 5.80. The van der Waals surface area contributed by atoms with Crippen LogP contribution in [0.25, 0.3) is 10.9 Å². The predicted octanol–water partition coefficient (Wildman–Crippen LogP) is 4.14. The van der Waals surface area contributed by atoms with Crippen molar-refractivity contribution >= 4 is 10.9 Å². The minimum Gasteiger partial charge on any atom is -0.322 e. The summed E-state index contributed by atoms with van der Waals surface area (Å²) >= 11 is 0. The molecule has 4 aromatic rings. The van der Waals surface area contributed by atoms with E-state index in [4.69, 9.17) is 0 Å². The van der Waals surface area contributed by atoms with Crippen LogP contribution in [0.2, 0.25) is 0 Å². The summed E-state index contributed by atoms with van der Waals surface area (Å²) in [6.07, 6.45) is 3.99. The van der Waals surface area contributed by atoms with Crippen LogP contribution in [-0.4, -0.2) is 43.2 Å². The van der Waals surface area contributed by atoms with Gasteiger partial charge in [-0.1, -0.05) is 50.2 Å². The molecule has 1 aliphatic heterocycles. The molecule has 7 nitrogen and oxygen atoms in total. The third-order valence-electron chi connectivity index (χ3n) is 7.08. The minimum atomic E-state index is -0.281. The Bertz CT molecular complexity index is 1300. The number of aryl methyl sites for hydroxylation is 3. The van der Waals surface area contributed by atoms with Gasteiger partial charge < -0.3 is 4.98 Å². The van der Waals surface area contributed by atoms with Crippen molar-refractivity contribution in [3.05, 3.63) is 87.5 Å². The van der Waals surface area contributed by atoms with E-state index >= 15 is 0 Å². The molecule has 0 saturated carbocycles. The SMILES string of the molecule is CCc1ccc2[nH]c(=O)c([C@@H](c3nnnn3CCc3ccccc3)N3CCC(C)CC3)cc2c1. The van der Waals surface area contributed by atoms with E-state index < -0.39 is 0 Å². The molecule has 0 bridgehead atoms. The van der Waals surface area contributed by atoms with Crippen LogP contribution in [0.5, 0.6) is 0 Å². The molecule has 1 aliphatic rings. The van der Waals surface area contributed by atoms with Crippen LogP contribution in [0.15, 0.2) is 59.4 Å². The van der Waals surface area contributed by atoms with Gasteiger partial charge in [-0.15, -0.1) is 5.10 Å². The van der Waals surface area contributed by atoms with Gasteiger partial charge in [0.1, 0.15) is 6.04 Å². The second-order valence-electron chi connectivity index (χ2n) is 9.45. The zero-order valence-electron chi connectivity index (χ0n) is 19.9. The summed E-state index contributed by atoms with van der Waals surface area (Å²) in [7, 11) is 0. The topological polar surface area (TPSA) is 79.7 Å². The lowest BCUT2D eigenvalue weighted by Gasteiger charge is -2.35. The molecule has 1 fully saturated rings. The van der Waals surface area contributed by atoms with E-state index in [2.05, 4.69) is 63.5 Å². The van der Waals surface area contributed by atoms with Crippen molar-refractivity contribution in [3.8, 4) is 0 Å². The van der Waals surface area contributed by atoms with Crippen molar-refractivity contribution in [1.82, 2.24) is 30.1 Å². The molecular weight excluding hydrogens is 424 g/mol. The molecule has 34 heavy (non-hydrogen) atoms. The van der Waals surface area contributed by atoms with Crippen LogP contribution in [0.1, 0.15) is 55.2 Å². The number of likely N-dealkylation sites (tertiary alicyclic amines) is 1. The molecule has 7 heteroatoms. The maximum absolute atomic E-state index is 13.4. The van der Waals surface area contributed by atoms with E-state index in [9.17, 15) is 4.79 Å². The first-order valence-corrected chi connectivity index (χ1v) is 12.3. The average molecular weight is 457 g/mol. The monoisotopic (exact) mass is 456 g/mol. The summed E-state index contributed by atoms with van der Waals surface area (Å²) < 4.78 is 1.88. The summed E-state index contributed by atoms with van der Waals surface area (Å²) in [5, 5.41) is 13.9. The van der Waals surface area contributed by atoms with E-state index in [0.717, 1.165) is 55.5 Å². The summed E-state index contributed by atoms with van der Waals surface area (Å²) in [4.78, 5) is 18.9. The molecule has 2 aromatic carbocycles. The van der Waals surface area contributed by atoms with E-state index in [1.807, 2.05) is 35.0 Å². The van der Waals surface area contributed by atoms with Crippen molar-refractivity contribution in [2.75, 3.05) is 13.1 Å². The fourth-order valence-electron chi connectivity index (χ4n) is 4.93. The lowest BCUT2D eigenvalue weighted by Crippen LogP contribution is -2.40. The molecule has 176 valence electrons. The Balaban J connectivity index is 1.56. The summed E-state index contributed by atoms with van der Waals surface area (Å²) in [6, 6.07) is 18.4. The lowest BCUT2D eigenvalue weighted by molar-refractivity contribution is 0.149. The number of tetrazole rings is 1. The standard InChI is InChI=1S/C27H32N6O/c1-3-20-9-10-24-22(17-20)18-23(27(34)28-24)25(32-14-11-19(2)12-15-32)26-29-30-31-33(26)16-13-21-7-5-4-6-8-21/h4-10,17-19,25H,3,11-16H2,1-2H3,(H,28,34)/t25-/m0/s1. The molecule has 5 rings (SSSR count). The molecule has 3 heterocycles. The van der Waals surface area contributed by atoms with Gasteiger partial charge in [0.25, 0.3) is 5.56 Å². The molecule has 0 spiro atoms. The molecule has 1 saturated heterocycles. The Morgan fingerprint density at radius 2 is 1.85 bits per heavy atom. The number of nitrogens with one attached hydrogen (secondary N) is 1. The van der Waals surface area contributed by atoms with E-state index in [1.54, 1.807) is 0 Å². The first-order valence-electron chi connectivity index (χ1n) is 12.3. The van der Waals surface area contributed by atoms with Crippen molar-refractivity contribution in [1.29, 1.82) is 0 Å². The number of aromatic amines is 1. The molecule has 2 aromatic heterocycles. The Labute approximate surface area is 199 Å². The number of aromatic nitrogens is 5. The molecule has 0 amide bonds. The zero-order valence-corrected chi connectivity index (χ0v) is 19.9. The minimum absolute atomic E-state index is 0.0713. The Morgan fingerprint density at radius 3 is 2.62 bits per heavy atom. The largest absolute Gasteiger partial charge is 0.322 e. The van der Waals surface area contributed by atoms with Crippen molar-refractivity contribution in [2.24, 2.45) is 5.92 Å². The van der Waals surface area contributed by atoms with Gasteiger partial charge in [0.05, 0.1) is 0 Å². The number of hydrogen-bond donors (Lipinski definition) is 1. The smallest absolute Gasteiger partial charge is 0.253 e. The first kappa shape index (κ1) is 22.5. The number of hydrogen-bond acceptors (Lipinski definition) is 5. The quantitative estimate of drug-likeness (QED) is 0.452. The average Bonchev–Trinajstić information content (AvgIpc) is 3.33. The summed E-state index contributed by atoms with van der Waals surface area (Å²) in [6.45, 7) is 6.95. The molecule has 1 N–H and O–H groups in total.